The molecule has 0 atom stereocenters. The highest BCUT2D eigenvalue weighted by Crippen LogP contribution is 2.14. The minimum Gasteiger partial charge on any atom is -0.378 e. The fourth-order valence-corrected chi connectivity index (χ4v) is 3.15. The number of pyridine rings is 1. The third-order valence-electron chi connectivity index (χ3n) is 4.64. The number of halogens is 1. The lowest BCUT2D eigenvalue weighted by atomic mass is 10.2. The van der Waals surface area contributed by atoms with E-state index < -0.39 is 0 Å². The van der Waals surface area contributed by atoms with Crippen LogP contribution in [-0.2, 0) is 6.54 Å². The fraction of sp³-hybridized carbons (Fsp3) is 0.400. The van der Waals surface area contributed by atoms with Crippen LogP contribution in [0.3, 0.4) is 0 Å². The van der Waals surface area contributed by atoms with Crippen LogP contribution in [0, 0.1) is 0 Å². The molecule has 1 aromatic carbocycles. The highest BCUT2D eigenvalue weighted by molar-refractivity contribution is 14.0. The van der Waals surface area contributed by atoms with Crippen LogP contribution in [0.25, 0.3) is 0 Å². The van der Waals surface area contributed by atoms with Gasteiger partial charge in [-0.3, -0.25) is 4.99 Å². The molecule has 0 unspecified atom stereocenters. The van der Waals surface area contributed by atoms with Crippen LogP contribution in [0.15, 0.2) is 53.7 Å². The van der Waals surface area contributed by atoms with Gasteiger partial charge in [0.05, 0.1) is 0 Å². The molecule has 1 aliphatic rings. The van der Waals surface area contributed by atoms with Crippen molar-refractivity contribution < 1.29 is 0 Å². The third-order valence-corrected chi connectivity index (χ3v) is 4.64. The summed E-state index contributed by atoms with van der Waals surface area (Å²) in [6, 6.07) is 14.6. The molecule has 1 N–H and O–H groups in total. The Balaban J connectivity index is 0.00000261. The Morgan fingerprint density at radius 2 is 1.89 bits per heavy atom. The van der Waals surface area contributed by atoms with Gasteiger partial charge in [0.15, 0.2) is 5.96 Å². The zero-order valence-corrected chi connectivity index (χ0v) is 18.6. The van der Waals surface area contributed by atoms with E-state index in [1.54, 1.807) is 0 Å². The number of nitrogens with one attached hydrogen (secondary N) is 1. The van der Waals surface area contributed by atoms with Gasteiger partial charge in [-0.25, -0.2) is 4.98 Å². The first-order chi connectivity index (χ1) is 12.7. The van der Waals surface area contributed by atoms with E-state index in [0.717, 1.165) is 44.5 Å². The quantitative estimate of drug-likeness (QED) is 0.415. The summed E-state index contributed by atoms with van der Waals surface area (Å²) in [6.45, 7) is 4.55. The average Bonchev–Trinajstić information content (AvgIpc) is 2.70. The molecule has 1 aromatic heterocycles. The van der Waals surface area contributed by atoms with E-state index in [4.69, 9.17) is 0 Å². The summed E-state index contributed by atoms with van der Waals surface area (Å²) in [6.07, 6.45) is 1.85. The van der Waals surface area contributed by atoms with Gasteiger partial charge < -0.3 is 20.0 Å². The molecule has 0 saturated carbocycles. The second-order valence-corrected chi connectivity index (χ2v) is 6.63. The predicted molar refractivity (Wildman–Crippen MR) is 124 cm³/mol. The summed E-state index contributed by atoms with van der Waals surface area (Å²) < 4.78 is 0. The Bertz CT molecular complexity index is 726. The van der Waals surface area contributed by atoms with Crippen LogP contribution in [0.4, 0.5) is 11.5 Å². The molecular weight excluding hydrogens is 451 g/mol. The first-order valence-corrected chi connectivity index (χ1v) is 9.05. The number of aliphatic imine (C=N–C) groups is 1. The predicted octanol–water partition coefficient (Wildman–Crippen LogP) is 2.66. The number of aromatic nitrogens is 1. The normalized spacial score (nSPS) is 14.6. The molecule has 2 aromatic rings. The molecule has 1 saturated heterocycles. The van der Waals surface area contributed by atoms with E-state index in [9.17, 15) is 0 Å². The van der Waals surface area contributed by atoms with Gasteiger partial charge in [-0.05, 0) is 29.8 Å². The van der Waals surface area contributed by atoms with Crippen LogP contribution in [0.2, 0.25) is 0 Å². The molecule has 2 heterocycles. The third kappa shape index (κ3) is 5.72. The van der Waals surface area contributed by atoms with Gasteiger partial charge in [-0.2, -0.15) is 0 Å². The van der Waals surface area contributed by atoms with Gasteiger partial charge in [0.25, 0.3) is 0 Å². The molecule has 7 heteroatoms. The highest BCUT2D eigenvalue weighted by atomic mass is 127. The Labute approximate surface area is 179 Å². The van der Waals surface area contributed by atoms with Crippen molar-refractivity contribution in [1.82, 2.24) is 15.2 Å². The van der Waals surface area contributed by atoms with Crippen LogP contribution < -0.4 is 15.1 Å². The zero-order valence-electron chi connectivity index (χ0n) is 16.3. The number of rotatable bonds is 4. The Kier molecular flexibility index (Phi) is 8.15. The lowest BCUT2D eigenvalue weighted by Gasteiger charge is -2.37. The van der Waals surface area contributed by atoms with Gasteiger partial charge >= 0.3 is 0 Å². The van der Waals surface area contributed by atoms with Crippen LogP contribution in [0.5, 0.6) is 0 Å². The van der Waals surface area contributed by atoms with Crippen molar-refractivity contribution in [3.8, 4) is 0 Å². The lowest BCUT2D eigenvalue weighted by molar-refractivity contribution is 0.371. The molecule has 6 nitrogen and oxygen atoms in total. The maximum absolute atomic E-state index is 4.47. The van der Waals surface area contributed by atoms with E-state index in [1.807, 2.05) is 25.4 Å². The summed E-state index contributed by atoms with van der Waals surface area (Å²) in [5.74, 6) is 2.01. The van der Waals surface area contributed by atoms with Gasteiger partial charge in [0.2, 0.25) is 0 Å². The number of benzene rings is 1. The summed E-state index contributed by atoms with van der Waals surface area (Å²) in [7, 11) is 5.98. The molecule has 146 valence electrons. The number of guanidine groups is 1. The Hall–Kier alpha value is -2.03. The largest absolute Gasteiger partial charge is 0.378 e. The molecule has 0 amide bonds. The van der Waals surface area contributed by atoms with Gasteiger partial charge in [0, 0.05) is 65.8 Å². The van der Waals surface area contributed by atoms with E-state index >= 15 is 0 Å². The summed E-state index contributed by atoms with van der Waals surface area (Å²) in [5.41, 5.74) is 2.47. The minimum absolute atomic E-state index is 0. The average molecular weight is 480 g/mol. The van der Waals surface area contributed by atoms with Gasteiger partial charge in [-0.15, -0.1) is 24.0 Å². The van der Waals surface area contributed by atoms with E-state index in [2.05, 4.69) is 74.4 Å². The Morgan fingerprint density at radius 1 is 1.11 bits per heavy atom. The molecular formula is C20H29IN6. The fourth-order valence-electron chi connectivity index (χ4n) is 3.15. The number of hydrogen-bond donors (Lipinski definition) is 1. The van der Waals surface area contributed by atoms with Crippen LogP contribution >= 0.6 is 24.0 Å². The second-order valence-electron chi connectivity index (χ2n) is 6.63. The van der Waals surface area contributed by atoms with Crippen molar-refractivity contribution in [2.75, 3.05) is 57.1 Å². The number of piperazine rings is 1. The van der Waals surface area contributed by atoms with Crippen molar-refractivity contribution >= 4 is 41.4 Å². The summed E-state index contributed by atoms with van der Waals surface area (Å²) >= 11 is 0. The van der Waals surface area contributed by atoms with Crippen molar-refractivity contribution in [2.24, 2.45) is 4.99 Å². The van der Waals surface area contributed by atoms with Crippen LogP contribution in [0.1, 0.15) is 5.56 Å². The molecule has 1 fully saturated rings. The molecule has 1 aliphatic heterocycles. The maximum atomic E-state index is 4.47. The summed E-state index contributed by atoms with van der Waals surface area (Å²) in [5, 5.41) is 3.50. The van der Waals surface area contributed by atoms with Crippen LogP contribution in [-0.4, -0.2) is 63.2 Å². The molecule has 0 radical (unpaired) electrons. The van der Waals surface area contributed by atoms with Crippen molar-refractivity contribution in [2.45, 2.75) is 6.54 Å². The number of hydrogen-bond acceptors (Lipinski definition) is 4. The molecule has 3 rings (SSSR count). The Morgan fingerprint density at radius 3 is 2.52 bits per heavy atom. The zero-order chi connectivity index (χ0) is 18.4. The number of nitrogens with zero attached hydrogens (tertiary/aromatic N) is 5. The van der Waals surface area contributed by atoms with Crippen molar-refractivity contribution in [3.05, 3.63) is 54.2 Å². The smallest absolute Gasteiger partial charge is 0.194 e. The molecule has 0 bridgehead atoms. The first kappa shape index (κ1) is 21.3. The number of anilines is 2. The van der Waals surface area contributed by atoms with E-state index in [1.165, 1.54) is 11.3 Å². The SMILES string of the molecule is CN=C(NCc1cccc(N(C)C)c1)N1CCN(c2ccccn2)CC1.I. The standard InChI is InChI=1S/C20H28N6.HI/c1-21-20(23-16-17-7-6-8-18(15-17)24(2)3)26-13-11-25(12-14-26)19-9-4-5-10-22-19;/h4-10,15H,11-14,16H2,1-3H3,(H,21,23);1H. The molecule has 27 heavy (non-hydrogen) atoms. The van der Waals surface area contributed by atoms with E-state index in [0.29, 0.717) is 0 Å². The first-order valence-electron chi connectivity index (χ1n) is 9.05. The van der Waals surface area contributed by atoms with E-state index in [-0.39, 0.29) is 24.0 Å². The topological polar surface area (TPSA) is 47.0 Å². The molecule has 0 aliphatic carbocycles. The molecule has 0 spiro atoms. The van der Waals surface area contributed by atoms with Gasteiger partial charge in [0.1, 0.15) is 5.82 Å². The minimum atomic E-state index is 0. The van der Waals surface area contributed by atoms with Crippen molar-refractivity contribution in [1.29, 1.82) is 0 Å². The van der Waals surface area contributed by atoms with Gasteiger partial charge in [-0.1, -0.05) is 18.2 Å². The highest BCUT2D eigenvalue weighted by Gasteiger charge is 2.20. The monoisotopic (exact) mass is 480 g/mol. The maximum Gasteiger partial charge on any atom is 0.194 e. The van der Waals surface area contributed by atoms with Crippen molar-refractivity contribution in [3.63, 3.8) is 0 Å². The summed E-state index contributed by atoms with van der Waals surface area (Å²) in [4.78, 5) is 15.7. The second kappa shape index (κ2) is 10.3. The lowest BCUT2D eigenvalue weighted by Crippen LogP contribution is -2.52.